The monoisotopic (exact) mass is 256 g/mol. The number of nitrogens with zero attached hydrogens (tertiary/aromatic N) is 1. The molecule has 16 heavy (non-hydrogen) atoms. The number of nitrogens with one attached hydrogen (secondary N) is 1. The third-order valence-electron chi connectivity index (χ3n) is 2.07. The summed E-state index contributed by atoms with van der Waals surface area (Å²) in [6.07, 6.45) is 0. The molecule has 1 N–H and O–H groups in total. The Labute approximate surface area is 102 Å². The number of hydrogen-bond acceptors (Lipinski definition) is 3. The van der Waals surface area contributed by atoms with Gasteiger partial charge in [-0.25, -0.2) is 9.37 Å². The third-order valence-corrected chi connectivity index (χ3v) is 3.23. The predicted octanol–water partition coefficient (Wildman–Crippen LogP) is 3.32. The molecule has 0 amide bonds. The summed E-state index contributed by atoms with van der Waals surface area (Å²) in [4.78, 5) is 4.33. The first-order chi connectivity index (χ1) is 7.70. The summed E-state index contributed by atoms with van der Waals surface area (Å²) in [7, 11) is 1.85. The van der Waals surface area contributed by atoms with Gasteiger partial charge in [0.25, 0.3) is 0 Å². The molecule has 0 atom stereocenters. The summed E-state index contributed by atoms with van der Waals surface area (Å²) < 4.78 is 13.6. The van der Waals surface area contributed by atoms with Crippen molar-refractivity contribution in [1.82, 2.24) is 10.3 Å². The average Bonchev–Trinajstić information content (AvgIpc) is 2.67. The smallest absolute Gasteiger partial charge is 0.134 e. The molecule has 1 aromatic carbocycles. The molecule has 0 saturated carbocycles. The van der Waals surface area contributed by atoms with E-state index in [0.29, 0.717) is 22.1 Å². The molecule has 1 aromatic heterocycles. The Kier molecular flexibility index (Phi) is 3.53. The first-order valence-corrected chi connectivity index (χ1v) is 6.01. The topological polar surface area (TPSA) is 24.9 Å². The molecule has 0 unspecified atom stereocenters. The van der Waals surface area contributed by atoms with Gasteiger partial charge in [0.1, 0.15) is 10.8 Å². The Bertz CT molecular complexity index is 498. The van der Waals surface area contributed by atoms with Gasteiger partial charge < -0.3 is 5.32 Å². The largest absolute Gasteiger partial charge is 0.314 e. The Morgan fingerprint density at radius 1 is 1.50 bits per heavy atom. The number of hydrogen-bond donors (Lipinski definition) is 1. The Morgan fingerprint density at radius 2 is 2.31 bits per heavy atom. The predicted molar refractivity (Wildman–Crippen MR) is 65.3 cm³/mol. The summed E-state index contributed by atoms with van der Waals surface area (Å²) in [5.74, 6) is -0.335. The minimum Gasteiger partial charge on any atom is -0.314 e. The van der Waals surface area contributed by atoms with Crippen LogP contribution < -0.4 is 5.32 Å². The maximum Gasteiger partial charge on any atom is 0.134 e. The van der Waals surface area contributed by atoms with E-state index in [1.54, 1.807) is 12.1 Å². The fraction of sp³-hybridized carbons (Fsp3) is 0.182. The van der Waals surface area contributed by atoms with Crippen LogP contribution in [0.15, 0.2) is 23.6 Å². The van der Waals surface area contributed by atoms with Crippen LogP contribution in [0, 0.1) is 5.82 Å². The summed E-state index contributed by atoms with van der Waals surface area (Å²) in [6.45, 7) is 0.686. The summed E-state index contributed by atoms with van der Waals surface area (Å²) in [5.41, 5.74) is 1.41. The first-order valence-electron chi connectivity index (χ1n) is 4.75. The molecule has 0 fully saturated rings. The maximum atomic E-state index is 13.6. The second kappa shape index (κ2) is 4.91. The van der Waals surface area contributed by atoms with E-state index in [0.717, 1.165) is 5.69 Å². The van der Waals surface area contributed by atoms with Crippen molar-refractivity contribution < 1.29 is 4.39 Å². The summed E-state index contributed by atoms with van der Waals surface area (Å²) in [5, 5.41) is 5.99. The highest BCUT2D eigenvalue weighted by Gasteiger charge is 2.09. The van der Waals surface area contributed by atoms with Gasteiger partial charge in [-0.2, -0.15) is 0 Å². The van der Waals surface area contributed by atoms with Gasteiger partial charge in [0, 0.05) is 22.5 Å². The highest BCUT2D eigenvalue weighted by atomic mass is 35.5. The van der Waals surface area contributed by atoms with Crippen molar-refractivity contribution in [1.29, 1.82) is 0 Å². The number of benzene rings is 1. The van der Waals surface area contributed by atoms with Gasteiger partial charge in [0.2, 0.25) is 0 Å². The molecule has 2 nitrogen and oxygen atoms in total. The maximum absolute atomic E-state index is 13.6. The lowest BCUT2D eigenvalue weighted by atomic mass is 10.2. The molecule has 0 spiro atoms. The van der Waals surface area contributed by atoms with Crippen molar-refractivity contribution in [3.05, 3.63) is 40.1 Å². The highest BCUT2D eigenvalue weighted by Crippen LogP contribution is 2.28. The van der Waals surface area contributed by atoms with Crippen LogP contribution in [-0.2, 0) is 6.54 Å². The van der Waals surface area contributed by atoms with Crippen LogP contribution in [0.4, 0.5) is 4.39 Å². The third kappa shape index (κ3) is 2.40. The van der Waals surface area contributed by atoms with Crippen LogP contribution in [0.5, 0.6) is 0 Å². The molecule has 2 rings (SSSR count). The molecule has 0 aliphatic rings. The number of halogens is 2. The summed E-state index contributed by atoms with van der Waals surface area (Å²) >= 11 is 7.12. The van der Waals surface area contributed by atoms with E-state index in [2.05, 4.69) is 10.3 Å². The second-order valence-electron chi connectivity index (χ2n) is 3.30. The van der Waals surface area contributed by atoms with Gasteiger partial charge >= 0.3 is 0 Å². The lowest BCUT2D eigenvalue weighted by Gasteiger charge is -1.99. The van der Waals surface area contributed by atoms with Crippen LogP contribution in [-0.4, -0.2) is 12.0 Å². The Balaban J connectivity index is 2.35. The minimum absolute atomic E-state index is 0.335. The SMILES string of the molecule is CNCc1csc(-c2ccc(Cl)cc2F)n1. The van der Waals surface area contributed by atoms with Crippen LogP contribution in [0.25, 0.3) is 10.6 Å². The fourth-order valence-electron chi connectivity index (χ4n) is 1.36. The number of thiazole rings is 1. The summed E-state index contributed by atoms with van der Waals surface area (Å²) in [6, 6.07) is 4.62. The standard InChI is InChI=1S/C11H10ClFN2S/c1-14-5-8-6-16-11(15-8)9-3-2-7(12)4-10(9)13/h2-4,6,14H,5H2,1H3. The normalized spacial score (nSPS) is 10.7. The zero-order valence-electron chi connectivity index (χ0n) is 8.63. The van der Waals surface area contributed by atoms with Crippen molar-refractivity contribution in [3.8, 4) is 10.6 Å². The van der Waals surface area contributed by atoms with Gasteiger partial charge in [0.05, 0.1) is 5.69 Å². The van der Waals surface area contributed by atoms with Crippen molar-refractivity contribution >= 4 is 22.9 Å². The van der Waals surface area contributed by atoms with Crippen LogP contribution in [0.3, 0.4) is 0 Å². The number of aromatic nitrogens is 1. The molecular formula is C11H10ClFN2S. The molecular weight excluding hydrogens is 247 g/mol. The molecule has 5 heteroatoms. The molecule has 84 valence electrons. The molecule has 0 radical (unpaired) electrons. The molecule has 0 aliphatic heterocycles. The quantitative estimate of drug-likeness (QED) is 0.911. The molecule has 2 aromatic rings. The van der Waals surface area contributed by atoms with E-state index in [4.69, 9.17) is 11.6 Å². The zero-order chi connectivity index (χ0) is 11.5. The van der Waals surface area contributed by atoms with Gasteiger partial charge in [0.15, 0.2) is 0 Å². The lowest BCUT2D eigenvalue weighted by Crippen LogP contribution is -2.04. The number of rotatable bonds is 3. The average molecular weight is 257 g/mol. The van der Waals surface area contributed by atoms with Crippen LogP contribution >= 0.6 is 22.9 Å². The van der Waals surface area contributed by atoms with E-state index in [1.807, 2.05) is 12.4 Å². The van der Waals surface area contributed by atoms with Crippen molar-refractivity contribution in [2.75, 3.05) is 7.05 Å². The lowest BCUT2D eigenvalue weighted by molar-refractivity contribution is 0.631. The molecule has 0 saturated heterocycles. The van der Waals surface area contributed by atoms with Gasteiger partial charge in [-0.05, 0) is 25.2 Å². The van der Waals surface area contributed by atoms with E-state index < -0.39 is 0 Å². The second-order valence-corrected chi connectivity index (χ2v) is 4.59. The van der Waals surface area contributed by atoms with E-state index in [-0.39, 0.29) is 5.82 Å². The Morgan fingerprint density at radius 3 is 3.00 bits per heavy atom. The zero-order valence-corrected chi connectivity index (χ0v) is 10.2. The van der Waals surface area contributed by atoms with Gasteiger partial charge in [-0.1, -0.05) is 11.6 Å². The van der Waals surface area contributed by atoms with Crippen molar-refractivity contribution in [2.45, 2.75) is 6.54 Å². The fourth-order valence-corrected chi connectivity index (χ4v) is 2.36. The Hall–Kier alpha value is -0.970. The first kappa shape index (κ1) is 11.5. The van der Waals surface area contributed by atoms with Gasteiger partial charge in [-0.15, -0.1) is 11.3 Å². The van der Waals surface area contributed by atoms with E-state index in [9.17, 15) is 4.39 Å². The van der Waals surface area contributed by atoms with Crippen LogP contribution in [0.1, 0.15) is 5.69 Å². The van der Waals surface area contributed by atoms with Crippen molar-refractivity contribution in [3.63, 3.8) is 0 Å². The minimum atomic E-state index is -0.335. The van der Waals surface area contributed by atoms with E-state index >= 15 is 0 Å². The van der Waals surface area contributed by atoms with Crippen molar-refractivity contribution in [2.24, 2.45) is 0 Å². The van der Waals surface area contributed by atoms with Crippen LogP contribution in [0.2, 0.25) is 5.02 Å². The van der Waals surface area contributed by atoms with Gasteiger partial charge in [-0.3, -0.25) is 0 Å². The highest BCUT2D eigenvalue weighted by molar-refractivity contribution is 7.13. The molecule has 0 aliphatic carbocycles. The van der Waals surface area contributed by atoms with E-state index in [1.165, 1.54) is 17.4 Å². The molecule has 1 heterocycles. The molecule has 0 bridgehead atoms.